The van der Waals surface area contributed by atoms with Gasteiger partial charge in [-0.05, 0) is 6.42 Å². The lowest BCUT2D eigenvalue weighted by atomic mass is 10.1. The van der Waals surface area contributed by atoms with Crippen molar-refractivity contribution >= 4 is 17.7 Å². The van der Waals surface area contributed by atoms with E-state index in [9.17, 15) is 4.79 Å². The highest BCUT2D eigenvalue weighted by molar-refractivity contribution is 7.99. The number of rotatable bonds is 8. The molecule has 1 aromatic heterocycles. The van der Waals surface area contributed by atoms with Crippen molar-refractivity contribution in [2.75, 3.05) is 5.75 Å². The molecule has 0 radical (unpaired) electrons. The first-order valence-corrected chi connectivity index (χ1v) is 6.86. The number of thioether (sulfide) groups is 1. The van der Waals surface area contributed by atoms with Crippen LogP contribution in [0.3, 0.4) is 0 Å². The van der Waals surface area contributed by atoms with Crippen molar-refractivity contribution in [2.24, 2.45) is 7.05 Å². The van der Waals surface area contributed by atoms with E-state index in [1.807, 2.05) is 0 Å². The van der Waals surface area contributed by atoms with Crippen LogP contribution in [0.15, 0.2) is 5.16 Å². The topological polar surface area (TPSA) is 68.0 Å². The molecule has 0 fully saturated rings. The molecule has 0 unspecified atom stereocenters. The second-order valence-electron chi connectivity index (χ2n) is 3.93. The fraction of sp³-hybridized carbons (Fsp3) is 0.727. The molecule has 6 heteroatoms. The Balaban J connectivity index is 2.41. The standard InChI is InChI=1S/C11H19N3O2S/c1-3-4-5-6-7-9-12-11(14(2)13-9)17-8-10(15)16/h3-8H2,1-2H3,(H,15,16). The molecule has 1 N–H and O–H groups in total. The number of aryl methyl sites for hydroxylation is 2. The minimum Gasteiger partial charge on any atom is -0.481 e. The van der Waals surface area contributed by atoms with Gasteiger partial charge in [0.2, 0.25) is 0 Å². The number of aliphatic carboxylic acids is 1. The Labute approximate surface area is 106 Å². The zero-order valence-electron chi connectivity index (χ0n) is 10.3. The first kappa shape index (κ1) is 14.0. The third-order valence-electron chi connectivity index (χ3n) is 2.35. The Morgan fingerprint density at radius 1 is 1.41 bits per heavy atom. The van der Waals surface area contributed by atoms with Crippen molar-refractivity contribution in [3.8, 4) is 0 Å². The second-order valence-corrected chi connectivity index (χ2v) is 4.87. The summed E-state index contributed by atoms with van der Waals surface area (Å²) >= 11 is 1.21. The molecule has 0 aliphatic rings. The van der Waals surface area contributed by atoms with Gasteiger partial charge < -0.3 is 5.11 Å². The smallest absolute Gasteiger partial charge is 0.313 e. The van der Waals surface area contributed by atoms with E-state index >= 15 is 0 Å². The largest absolute Gasteiger partial charge is 0.481 e. The van der Waals surface area contributed by atoms with Crippen molar-refractivity contribution in [2.45, 2.75) is 44.2 Å². The lowest BCUT2D eigenvalue weighted by Gasteiger charge is -1.94. The molecule has 0 atom stereocenters. The van der Waals surface area contributed by atoms with Crippen molar-refractivity contribution in [3.63, 3.8) is 0 Å². The zero-order valence-corrected chi connectivity index (χ0v) is 11.2. The Morgan fingerprint density at radius 3 is 2.82 bits per heavy atom. The number of hydrogen-bond acceptors (Lipinski definition) is 4. The quantitative estimate of drug-likeness (QED) is 0.570. The lowest BCUT2D eigenvalue weighted by molar-refractivity contribution is -0.133. The summed E-state index contributed by atoms with van der Waals surface area (Å²) in [6.07, 6.45) is 5.64. The fourth-order valence-electron chi connectivity index (χ4n) is 1.49. The van der Waals surface area contributed by atoms with Crippen LogP contribution in [0.2, 0.25) is 0 Å². The Bertz CT molecular complexity index is 366. The number of carboxylic acid groups (broad SMARTS) is 1. The molecule has 96 valence electrons. The SMILES string of the molecule is CCCCCCc1nc(SCC(=O)O)n(C)n1. The Kier molecular flexibility index (Phi) is 6.04. The van der Waals surface area contributed by atoms with Crippen molar-refractivity contribution in [1.29, 1.82) is 0 Å². The second kappa shape index (κ2) is 7.32. The van der Waals surface area contributed by atoms with Gasteiger partial charge in [-0.1, -0.05) is 37.9 Å². The van der Waals surface area contributed by atoms with E-state index in [4.69, 9.17) is 5.11 Å². The van der Waals surface area contributed by atoms with Crippen LogP contribution in [0, 0.1) is 0 Å². The minimum absolute atomic E-state index is 0.0296. The molecule has 1 rings (SSSR count). The van der Waals surface area contributed by atoms with Gasteiger partial charge in [0.1, 0.15) is 0 Å². The van der Waals surface area contributed by atoms with Crippen LogP contribution in [0.5, 0.6) is 0 Å². The van der Waals surface area contributed by atoms with Crippen molar-refractivity contribution in [1.82, 2.24) is 14.8 Å². The number of carboxylic acids is 1. The summed E-state index contributed by atoms with van der Waals surface area (Å²) in [5.41, 5.74) is 0. The zero-order chi connectivity index (χ0) is 12.7. The van der Waals surface area contributed by atoms with Crippen molar-refractivity contribution < 1.29 is 9.90 Å². The van der Waals surface area contributed by atoms with Crippen LogP contribution in [-0.2, 0) is 18.3 Å². The molecule has 5 nitrogen and oxygen atoms in total. The average Bonchev–Trinajstić information content (AvgIpc) is 2.63. The maximum absolute atomic E-state index is 10.5. The highest BCUT2D eigenvalue weighted by Crippen LogP contribution is 2.15. The number of hydrogen-bond donors (Lipinski definition) is 1. The summed E-state index contributed by atoms with van der Waals surface area (Å²) in [7, 11) is 1.80. The summed E-state index contributed by atoms with van der Waals surface area (Å²) in [5, 5.41) is 13.6. The lowest BCUT2D eigenvalue weighted by Crippen LogP contribution is -2.00. The van der Waals surface area contributed by atoms with E-state index in [2.05, 4.69) is 17.0 Å². The van der Waals surface area contributed by atoms with E-state index in [1.165, 1.54) is 31.0 Å². The summed E-state index contributed by atoms with van der Waals surface area (Å²) in [4.78, 5) is 14.8. The van der Waals surface area contributed by atoms with E-state index in [-0.39, 0.29) is 5.75 Å². The predicted molar refractivity (Wildman–Crippen MR) is 67.2 cm³/mol. The average molecular weight is 257 g/mol. The van der Waals surface area contributed by atoms with Gasteiger partial charge in [-0.15, -0.1) is 0 Å². The molecular formula is C11H19N3O2S. The molecular weight excluding hydrogens is 238 g/mol. The fourth-order valence-corrected chi connectivity index (χ4v) is 2.14. The van der Waals surface area contributed by atoms with Crippen molar-refractivity contribution in [3.05, 3.63) is 5.82 Å². The minimum atomic E-state index is -0.831. The molecule has 0 aliphatic heterocycles. The first-order valence-electron chi connectivity index (χ1n) is 5.88. The molecule has 0 saturated carbocycles. The van der Waals surface area contributed by atoms with Gasteiger partial charge in [0.25, 0.3) is 0 Å². The van der Waals surface area contributed by atoms with Crippen LogP contribution < -0.4 is 0 Å². The normalized spacial score (nSPS) is 10.7. The summed E-state index contributed by atoms with van der Waals surface area (Å²) in [6, 6.07) is 0. The molecule has 0 amide bonds. The van der Waals surface area contributed by atoms with Gasteiger partial charge in [0.05, 0.1) is 5.75 Å². The summed E-state index contributed by atoms with van der Waals surface area (Å²) in [5.74, 6) is 0.0147. The van der Waals surface area contributed by atoms with Crippen LogP contribution in [0.4, 0.5) is 0 Å². The third-order valence-corrected chi connectivity index (χ3v) is 3.35. The molecule has 17 heavy (non-hydrogen) atoms. The highest BCUT2D eigenvalue weighted by atomic mass is 32.2. The molecule has 0 aliphatic carbocycles. The maximum atomic E-state index is 10.5. The van der Waals surface area contributed by atoms with Gasteiger partial charge in [0, 0.05) is 13.5 Å². The Morgan fingerprint density at radius 2 is 2.18 bits per heavy atom. The molecule has 0 saturated heterocycles. The van der Waals surface area contributed by atoms with Gasteiger partial charge in [0.15, 0.2) is 11.0 Å². The van der Waals surface area contributed by atoms with Gasteiger partial charge >= 0.3 is 5.97 Å². The molecule has 0 spiro atoms. The molecule has 1 heterocycles. The Hall–Kier alpha value is -1.04. The van der Waals surface area contributed by atoms with Gasteiger partial charge in [-0.2, -0.15) is 5.10 Å². The van der Waals surface area contributed by atoms with Crippen LogP contribution >= 0.6 is 11.8 Å². The number of aromatic nitrogens is 3. The van der Waals surface area contributed by atoms with Crippen LogP contribution in [-0.4, -0.2) is 31.6 Å². The van der Waals surface area contributed by atoms with Gasteiger partial charge in [-0.3, -0.25) is 4.79 Å². The molecule has 0 bridgehead atoms. The number of carbonyl (C=O) groups is 1. The monoisotopic (exact) mass is 257 g/mol. The first-order chi connectivity index (χ1) is 8.13. The summed E-state index contributed by atoms with van der Waals surface area (Å²) < 4.78 is 1.66. The maximum Gasteiger partial charge on any atom is 0.313 e. The van der Waals surface area contributed by atoms with Crippen LogP contribution in [0.25, 0.3) is 0 Å². The third kappa shape index (κ3) is 5.21. The summed E-state index contributed by atoms with van der Waals surface area (Å²) in [6.45, 7) is 2.18. The number of nitrogens with zero attached hydrogens (tertiary/aromatic N) is 3. The van der Waals surface area contributed by atoms with E-state index in [1.54, 1.807) is 11.7 Å². The number of unbranched alkanes of at least 4 members (excludes halogenated alkanes) is 3. The predicted octanol–water partition coefficient (Wildman–Crippen LogP) is 2.11. The van der Waals surface area contributed by atoms with E-state index in [0.29, 0.717) is 5.16 Å². The van der Waals surface area contributed by atoms with E-state index in [0.717, 1.165) is 18.7 Å². The van der Waals surface area contributed by atoms with Crippen LogP contribution in [0.1, 0.15) is 38.4 Å². The highest BCUT2D eigenvalue weighted by Gasteiger charge is 2.09. The molecule has 1 aromatic rings. The molecule has 0 aromatic carbocycles. The van der Waals surface area contributed by atoms with Gasteiger partial charge in [-0.25, -0.2) is 9.67 Å². The van der Waals surface area contributed by atoms with E-state index < -0.39 is 5.97 Å².